The summed E-state index contributed by atoms with van der Waals surface area (Å²) in [7, 11) is 0. The Kier molecular flexibility index (Phi) is 5.50. The Bertz CT molecular complexity index is 815. The number of fused-ring (bicyclic) bond motifs is 1. The monoisotopic (exact) mass is 383 g/mol. The van der Waals surface area contributed by atoms with E-state index < -0.39 is 0 Å². The first-order valence-electron chi connectivity index (χ1n) is 9.77. The fourth-order valence-electron chi connectivity index (χ4n) is 3.80. The number of nitrogens with one attached hydrogen (secondary N) is 1. The van der Waals surface area contributed by atoms with Crippen molar-refractivity contribution >= 4 is 17.8 Å². The Morgan fingerprint density at radius 3 is 2.68 bits per heavy atom. The molecule has 1 saturated heterocycles. The van der Waals surface area contributed by atoms with Gasteiger partial charge in [-0.3, -0.25) is 9.59 Å². The van der Waals surface area contributed by atoms with Crippen molar-refractivity contribution in [2.45, 2.75) is 25.8 Å². The Balaban J connectivity index is 1.18. The van der Waals surface area contributed by atoms with Crippen LogP contribution in [0.4, 0.5) is 5.95 Å². The predicted octanol–water partition coefficient (Wildman–Crippen LogP) is 0.0906. The number of carbonyl (C=O) groups is 2. The van der Waals surface area contributed by atoms with Gasteiger partial charge < -0.3 is 19.7 Å². The molecule has 0 bridgehead atoms. The summed E-state index contributed by atoms with van der Waals surface area (Å²) >= 11 is 0. The van der Waals surface area contributed by atoms with E-state index in [1.807, 2.05) is 17.4 Å². The van der Waals surface area contributed by atoms with Gasteiger partial charge in [0.2, 0.25) is 17.8 Å². The van der Waals surface area contributed by atoms with Crippen molar-refractivity contribution in [3.63, 3.8) is 0 Å². The molecule has 0 aliphatic carbocycles. The minimum Gasteiger partial charge on any atom is -0.355 e. The van der Waals surface area contributed by atoms with Crippen molar-refractivity contribution in [1.29, 1.82) is 0 Å². The summed E-state index contributed by atoms with van der Waals surface area (Å²) in [5.41, 5.74) is 1.10. The van der Waals surface area contributed by atoms with Gasteiger partial charge >= 0.3 is 0 Å². The molecule has 0 aromatic carbocycles. The third-order valence-corrected chi connectivity index (χ3v) is 5.45. The number of aromatic nitrogens is 4. The second-order valence-electron chi connectivity index (χ2n) is 7.23. The van der Waals surface area contributed by atoms with Crippen molar-refractivity contribution in [3.8, 4) is 0 Å². The first-order valence-corrected chi connectivity index (χ1v) is 9.77. The van der Waals surface area contributed by atoms with Crippen LogP contribution in [-0.4, -0.2) is 69.0 Å². The lowest BCUT2D eigenvalue weighted by molar-refractivity contribution is -0.131. The van der Waals surface area contributed by atoms with Crippen LogP contribution >= 0.6 is 0 Å². The Labute approximate surface area is 163 Å². The Morgan fingerprint density at radius 1 is 1.11 bits per heavy atom. The molecule has 148 valence electrons. The second kappa shape index (κ2) is 8.37. The molecule has 4 rings (SSSR count). The van der Waals surface area contributed by atoms with Gasteiger partial charge in [-0.25, -0.2) is 15.0 Å². The van der Waals surface area contributed by atoms with Crippen LogP contribution < -0.4 is 10.2 Å². The van der Waals surface area contributed by atoms with E-state index in [2.05, 4.69) is 29.7 Å². The fourth-order valence-corrected chi connectivity index (χ4v) is 3.80. The van der Waals surface area contributed by atoms with Crippen LogP contribution in [0.25, 0.3) is 0 Å². The van der Waals surface area contributed by atoms with E-state index in [1.54, 1.807) is 18.5 Å². The quantitative estimate of drug-likeness (QED) is 0.786. The molecule has 4 heterocycles. The zero-order chi connectivity index (χ0) is 19.3. The number of piperazine rings is 1. The first kappa shape index (κ1) is 18.4. The zero-order valence-corrected chi connectivity index (χ0v) is 15.8. The molecular weight excluding hydrogens is 358 g/mol. The van der Waals surface area contributed by atoms with Gasteiger partial charge in [0, 0.05) is 82.3 Å². The number of amides is 2. The lowest BCUT2D eigenvalue weighted by Crippen LogP contribution is -2.49. The fraction of sp³-hybridized carbons (Fsp3) is 0.526. The first-order chi connectivity index (χ1) is 13.7. The number of aryl methyl sites for hydroxylation is 1. The van der Waals surface area contributed by atoms with Crippen LogP contribution in [0.5, 0.6) is 0 Å². The van der Waals surface area contributed by atoms with Crippen LogP contribution in [0.2, 0.25) is 0 Å². The highest BCUT2D eigenvalue weighted by Crippen LogP contribution is 2.20. The number of anilines is 1. The van der Waals surface area contributed by atoms with Crippen LogP contribution in [-0.2, 0) is 22.6 Å². The van der Waals surface area contributed by atoms with E-state index >= 15 is 0 Å². The predicted molar refractivity (Wildman–Crippen MR) is 102 cm³/mol. The van der Waals surface area contributed by atoms with E-state index in [9.17, 15) is 9.59 Å². The summed E-state index contributed by atoms with van der Waals surface area (Å²) in [6.45, 7) is 3.95. The molecule has 2 amide bonds. The lowest BCUT2D eigenvalue weighted by atomic mass is 9.95. The maximum atomic E-state index is 12.4. The number of hydrogen-bond donors (Lipinski definition) is 1. The van der Waals surface area contributed by atoms with Crippen LogP contribution in [0, 0.1) is 5.92 Å². The van der Waals surface area contributed by atoms with Gasteiger partial charge in [0.15, 0.2) is 0 Å². The highest BCUT2D eigenvalue weighted by molar-refractivity contribution is 5.81. The van der Waals surface area contributed by atoms with E-state index in [-0.39, 0.29) is 17.7 Å². The smallest absolute Gasteiger partial charge is 0.225 e. The lowest BCUT2D eigenvalue weighted by Gasteiger charge is -2.34. The Hall–Kier alpha value is -2.97. The van der Waals surface area contributed by atoms with Gasteiger partial charge in [0.1, 0.15) is 0 Å². The molecule has 0 saturated carbocycles. The number of rotatable bonds is 5. The van der Waals surface area contributed by atoms with Crippen molar-refractivity contribution < 1.29 is 9.59 Å². The minimum atomic E-state index is -0.0336. The SMILES string of the molecule is O=C(NCCC(=O)N1CCN(c2ncccn2)CC1)C1CCn2cncc2C1. The molecule has 2 aromatic heterocycles. The zero-order valence-electron chi connectivity index (χ0n) is 15.8. The number of nitrogens with zero attached hydrogens (tertiary/aromatic N) is 6. The van der Waals surface area contributed by atoms with Crippen LogP contribution in [0.1, 0.15) is 18.5 Å². The molecule has 9 nitrogen and oxygen atoms in total. The van der Waals surface area contributed by atoms with Crippen LogP contribution in [0.3, 0.4) is 0 Å². The summed E-state index contributed by atoms with van der Waals surface area (Å²) in [6.07, 6.45) is 8.94. The van der Waals surface area contributed by atoms with Crippen molar-refractivity contribution in [1.82, 2.24) is 29.7 Å². The molecule has 0 radical (unpaired) electrons. The maximum absolute atomic E-state index is 12.4. The Morgan fingerprint density at radius 2 is 1.89 bits per heavy atom. The molecule has 2 aliphatic rings. The minimum absolute atomic E-state index is 0.0336. The molecular formula is C19H25N7O2. The number of imidazole rings is 1. The highest BCUT2D eigenvalue weighted by atomic mass is 16.2. The highest BCUT2D eigenvalue weighted by Gasteiger charge is 2.25. The third-order valence-electron chi connectivity index (χ3n) is 5.45. The van der Waals surface area contributed by atoms with Crippen LogP contribution in [0.15, 0.2) is 31.0 Å². The normalized spacial score (nSPS) is 19.2. The maximum Gasteiger partial charge on any atom is 0.225 e. The van der Waals surface area contributed by atoms with Crippen molar-refractivity contribution in [2.24, 2.45) is 5.92 Å². The summed E-state index contributed by atoms with van der Waals surface area (Å²) in [4.78, 5) is 41.4. The summed E-state index contributed by atoms with van der Waals surface area (Å²) in [5, 5.41) is 2.93. The van der Waals surface area contributed by atoms with Gasteiger partial charge in [0.05, 0.1) is 6.33 Å². The van der Waals surface area contributed by atoms with Gasteiger partial charge in [0.25, 0.3) is 0 Å². The van der Waals surface area contributed by atoms with Crippen molar-refractivity contribution in [3.05, 3.63) is 36.7 Å². The summed E-state index contributed by atoms with van der Waals surface area (Å²) in [6, 6.07) is 1.79. The second-order valence-corrected chi connectivity index (χ2v) is 7.23. The molecule has 2 aromatic rings. The number of carbonyl (C=O) groups excluding carboxylic acids is 2. The van der Waals surface area contributed by atoms with E-state index in [1.165, 1.54) is 0 Å². The van der Waals surface area contributed by atoms with E-state index in [4.69, 9.17) is 0 Å². The van der Waals surface area contributed by atoms with E-state index in [0.29, 0.717) is 38.4 Å². The summed E-state index contributed by atoms with van der Waals surface area (Å²) in [5.74, 6) is 0.784. The largest absolute Gasteiger partial charge is 0.355 e. The average Bonchev–Trinajstić information content (AvgIpc) is 3.22. The van der Waals surface area contributed by atoms with Crippen molar-refractivity contribution in [2.75, 3.05) is 37.6 Å². The molecule has 28 heavy (non-hydrogen) atoms. The molecule has 1 unspecified atom stereocenters. The van der Waals surface area contributed by atoms with Gasteiger partial charge in [-0.1, -0.05) is 0 Å². The standard InChI is InChI=1S/C19H25N7O2/c27-17(24-8-10-25(11-9-24)19-22-4-1-5-23-19)2-6-21-18(28)15-3-7-26-14-20-13-16(26)12-15/h1,4-5,13-15H,2-3,6-12H2,(H,21,28). The molecule has 0 spiro atoms. The van der Waals surface area contributed by atoms with Gasteiger partial charge in [-0.05, 0) is 12.5 Å². The molecule has 1 fully saturated rings. The van der Waals surface area contributed by atoms with Gasteiger partial charge in [-0.15, -0.1) is 0 Å². The third kappa shape index (κ3) is 4.13. The molecule has 9 heteroatoms. The van der Waals surface area contributed by atoms with Gasteiger partial charge in [-0.2, -0.15) is 0 Å². The topological polar surface area (TPSA) is 96.3 Å². The average molecular weight is 383 g/mol. The molecule has 2 aliphatic heterocycles. The molecule has 1 atom stereocenters. The number of hydrogen-bond acceptors (Lipinski definition) is 6. The van der Waals surface area contributed by atoms with E-state index in [0.717, 1.165) is 31.7 Å². The summed E-state index contributed by atoms with van der Waals surface area (Å²) < 4.78 is 2.09. The molecule has 1 N–H and O–H groups in total.